The lowest BCUT2D eigenvalue weighted by Crippen LogP contribution is -2.53. The van der Waals surface area contributed by atoms with Gasteiger partial charge in [0.1, 0.15) is 5.75 Å². The van der Waals surface area contributed by atoms with Crippen LogP contribution in [0.25, 0.3) is 0 Å². The first-order valence-electron chi connectivity index (χ1n) is 7.78. The van der Waals surface area contributed by atoms with E-state index in [1.165, 1.54) is 5.56 Å². The third kappa shape index (κ3) is 3.11. The van der Waals surface area contributed by atoms with Gasteiger partial charge in [-0.05, 0) is 38.1 Å². The van der Waals surface area contributed by atoms with Crippen molar-refractivity contribution in [2.24, 2.45) is 0 Å². The number of hydrogen-bond acceptors (Lipinski definition) is 4. The van der Waals surface area contributed by atoms with Gasteiger partial charge in [-0.25, -0.2) is 0 Å². The molecule has 0 spiro atoms. The Labute approximate surface area is 126 Å². The van der Waals surface area contributed by atoms with Crippen LogP contribution in [0.15, 0.2) is 24.3 Å². The number of nitrogens with zero attached hydrogens (tertiary/aromatic N) is 2. The molecule has 114 valence electrons. The molecule has 0 amide bonds. The van der Waals surface area contributed by atoms with E-state index >= 15 is 0 Å². The fourth-order valence-electron chi connectivity index (χ4n) is 3.36. The molecule has 0 saturated carbocycles. The molecule has 2 aliphatic heterocycles. The van der Waals surface area contributed by atoms with E-state index in [4.69, 9.17) is 4.74 Å². The summed E-state index contributed by atoms with van der Waals surface area (Å²) in [4.78, 5) is 17.2. The Kier molecular flexibility index (Phi) is 4.27. The van der Waals surface area contributed by atoms with Crippen LogP contribution in [0.4, 0.5) is 0 Å². The van der Waals surface area contributed by atoms with Gasteiger partial charge in [0.15, 0.2) is 5.78 Å². The Morgan fingerprint density at radius 1 is 1.29 bits per heavy atom. The number of hydrogen-bond donors (Lipinski definition) is 0. The molecule has 1 aromatic carbocycles. The van der Waals surface area contributed by atoms with Crippen LogP contribution in [0.5, 0.6) is 5.75 Å². The molecule has 0 aliphatic carbocycles. The molecule has 2 unspecified atom stereocenters. The molecule has 0 bridgehead atoms. The van der Waals surface area contributed by atoms with Gasteiger partial charge < -0.3 is 9.64 Å². The Hall–Kier alpha value is -1.39. The second kappa shape index (κ2) is 6.16. The minimum absolute atomic E-state index is 0.0405. The highest BCUT2D eigenvalue weighted by atomic mass is 16.5. The van der Waals surface area contributed by atoms with Crippen molar-refractivity contribution in [3.63, 3.8) is 0 Å². The van der Waals surface area contributed by atoms with E-state index in [0.29, 0.717) is 18.1 Å². The number of benzene rings is 1. The van der Waals surface area contributed by atoms with E-state index < -0.39 is 0 Å². The lowest BCUT2D eigenvalue weighted by Gasteiger charge is -2.37. The fourth-order valence-corrected chi connectivity index (χ4v) is 3.36. The van der Waals surface area contributed by atoms with Gasteiger partial charge in [-0.1, -0.05) is 18.2 Å². The molecule has 4 nitrogen and oxygen atoms in total. The van der Waals surface area contributed by atoms with Crippen LogP contribution >= 0.6 is 0 Å². The van der Waals surface area contributed by atoms with Gasteiger partial charge in [0.2, 0.25) is 0 Å². The van der Waals surface area contributed by atoms with Crippen LogP contribution in [0.1, 0.15) is 24.3 Å². The number of para-hydroxylation sites is 1. The number of rotatable bonds is 3. The number of likely N-dealkylation sites (N-methyl/N-ethyl adjacent to an activating group) is 2. The maximum Gasteiger partial charge on any atom is 0.151 e. The van der Waals surface area contributed by atoms with Crippen LogP contribution in [-0.4, -0.2) is 62.0 Å². The molecule has 1 aromatic rings. The average molecular weight is 288 g/mol. The number of ketones is 1. The SMILES string of the molecule is CN1CCN(C)C(C(=O)CC2CCOc3ccccc32)C1. The zero-order chi connectivity index (χ0) is 14.8. The molecule has 2 atom stereocenters. The van der Waals surface area contributed by atoms with Crippen LogP contribution < -0.4 is 4.74 Å². The van der Waals surface area contributed by atoms with Crippen LogP contribution in [0.3, 0.4) is 0 Å². The first kappa shape index (κ1) is 14.5. The van der Waals surface area contributed by atoms with Crippen molar-refractivity contribution in [1.29, 1.82) is 0 Å². The molecule has 0 N–H and O–H groups in total. The standard InChI is InChI=1S/C17H24N2O2/c1-18-8-9-19(2)15(12-18)16(20)11-13-7-10-21-17-6-4-3-5-14(13)17/h3-6,13,15H,7-12H2,1-2H3. The number of carbonyl (C=O) groups is 1. The summed E-state index contributed by atoms with van der Waals surface area (Å²) in [6, 6.07) is 8.17. The molecule has 2 aliphatic rings. The minimum Gasteiger partial charge on any atom is -0.493 e. The van der Waals surface area contributed by atoms with Crippen LogP contribution in [0.2, 0.25) is 0 Å². The van der Waals surface area contributed by atoms with E-state index in [0.717, 1.165) is 38.4 Å². The topological polar surface area (TPSA) is 32.8 Å². The first-order valence-corrected chi connectivity index (χ1v) is 7.78. The van der Waals surface area contributed by atoms with Crippen molar-refractivity contribution in [3.8, 4) is 5.75 Å². The lowest BCUT2D eigenvalue weighted by atomic mass is 9.87. The molecule has 1 fully saturated rings. The van der Waals surface area contributed by atoms with Gasteiger partial charge in [0, 0.05) is 26.1 Å². The van der Waals surface area contributed by atoms with E-state index in [1.54, 1.807) is 0 Å². The van der Waals surface area contributed by atoms with Crippen molar-refractivity contribution < 1.29 is 9.53 Å². The smallest absolute Gasteiger partial charge is 0.151 e. The number of Topliss-reactive ketones (excluding diaryl/α,β-unsaturated/α-hetero) is 1. The molecule has 0 radical (unpaired) electrons. The minimum atomic E-state index is 0.0405. The van der Waals surface area contributed by atoms with Gasteiger partial charge in [0.25, 0.3) is 0 Å². The summed E-state index contributed by atoms with van der Waals surface area (Å²) < 4.78 is 5.69. The Morgan fingerprint density at radius 2 is 2.10 bits per heavy atom. The second-order valence-electron chi connectivity index (χ2n) is 6.30. The molecule has 2 heterocycles. The van der Waals surface area contributed by atoms with E-state index in [2.05, 4.69) is 30.0 Å². The van der Waals surface area contributed by atoms with Crippen molar-refractivity contribution >= 4 is 5.78 Å². The van der Waals surface area contributed by atoms with Gasteiger partial charge in [-0.2, -0.15) is 0 Å². The summed E-state index contributed by atoms with van der Waals surface area (Å²) in [7, 11) is 4.16. The molecular formula is C17H24N2O2. The lowest BCUT2D eigenvalue weighted by molar-refractivity contribution is -0.126. The normalized spacial score (nSPS) is 27.0. The summed E-state index contributed by atoms with van der Waals surface area (Å²) in [6.45, 7) is 3.58. The maximum atomic E-state index is 12.7. The summed E-state index contributed by atoms with van der Waals surface area (Å²) in [6.07, 6.45) is 1.57. The highest BCUT2D eigenvalue weighted by molar-refractivity contribution is 5.85. The molecule has 4 heteroatoms. The van der Waals surface area contributed by atoms with Crippen molar-refractivity contribution in [2.45, 2.75) is 24.8 Å². The predicted molar refractivity (Wildman–Crippen MR) is 82.8 cm³/mol. The fraction of sp³-hybridized carbons (Fsp3) is 0.588. The van der Waals surface area contributed by atoms with E-state index in [1.807, 2.05) is 18.2 Å². The molecule has 0 aromatic heterocycles. The largest absolute Gasteiger partial charge is 0.493 e. The number of ether oxygens (including phenoxy) is 1. The third-order valence-electron chi connectivity index (χ3n) is 4.75. The molecule has 3 rings (SSSR count). The number of carbonyl (C=O) groups excluding carboxylic acids is 1. The summed E-state index contributed by atoms with van der Waals surface area (Å²) in [5.74, 6) is 1.63. The highest BCUT2D eigenvalue weighted by Crippen LogP contribution is 2.36. The van der Waals surface area contributed by atoms with Crippen LogP contribution in [-0.2, 0) is 4.79 Å². The zero-order valence-corrected chi connectivity index (χ0v) is 12.9. The molecule has 21 heavy (non-hydrogen) atoms. The van der Waals surface area contributed by atoms with E-state index in [-0.39, 0.29) is 6.04 Å². The maximum absolute atomic E-state index is 12.7. The predicted octanol–water partition coefficient (Wildman–Crippen LogP) is 1.76. The van der Waals surface area contributed by atoms with Crippen molar-refractivity contribution in [3.05, 3.63) is 29.8 Å². The second-order valence-corrected chi connectivity index (χ2v) is 6.30. The zero-order valence-electron chi connectivity index (χ0n) is 12.9. The van der Waals surface area contributed by atoms with Crippen LogP contribution in [0, 0.1) is 0 Å². The Morgan fingerprint density at radius 3 is 2.95 bits per heavy atom. The van der Waals surface area contributed by atoms with Crippen molar-refractivity contribution in [2.75, 3.05) is 40.3 Å². The van der Waals surface area contributed by atoms with Crippen molar-refractivity contribution in [1.82, 2.24) is 9.80 Å². The summed E-state index contributed by atoms with van der Waals surface area (Å²) >= 11 is 0. The number of piperazine rings is 1. The average Bonchev–Trinajstić information content (AvgIpc) is 2.50. The molecule has 1 saturated heterocycles. The van der Waals surface area contributed by atoms with Gasteiger partial charge >= 0.3 is 0 Å². The summed E-state index contributed by atoms with van der Waals surface area (Å²) in [5.41, 5.74) is 1.20. The van der Waals surface area contributed by atoms with Gasteiger partial charge in [-0.15, -0.1) is 0 Å². The Balaban J connectivity index is 1.71. The molecular weight excluding hydrogens is 264 g/mol. The van der Waals surface area contributed by atoms with E-state index in [9.17, 15) is 4.79 Å². The summed E-state index contributed by atoms with van der Waals surface area (Å²) in [5, 5.41) is 0. The number of fused-ring (bicyclic) bond motifs is 1. The van der Waals surface area contributed by atoms with Gasteiger partial charge in [-0.3, -0.25) is 9.69 Å². The quantitative estimate of drug-likeness (QED) is 0.848. The monoisotopic (exact) mass is 288 g/mol. The highest BCUT2D eigenvalue weighted by Gasteiger charge is 2.31. The third-order valence-corrected chi connectivity index (χ3v) is 4.75. The first-order chi connectivity index (χ1) is 10.1. The Bertz CT molecular complexity index is 517. The van der Waals surface area contributed by atoms with Gasteiger partial charge in [0.05, 0.1) is 12.6 Å².